The van der Waals surface area contributed by atoms with Gasteiger partial charge >= 0.3 is 0 Å². The summed E-state index contributed by atoms with van der Waals surface area (Å²) in [7, 11) is -3.27. The van der Waals surface area contributed by atoms with Crippen molar-refractivity contribution in [2.45, 2.75) is 31.9 Å². The smallest absolute Gasteiger partial charge is 0.218 e. The van der Waals surface area contributed by atoms with E-state index in [9.17, 15) is 8.42 Å². The highest BCUT2D eigenvalue weighted by molar-refractivity contribution is 7.88. The second kappa shape index (κ2) is 6.85. The standard InChI is InChI=1S/C15H22N2O2S2/c1-2-12-6-4-8-17(10-12)21(18,19)11-13-5-3-7-14(9-13)15(16)20/h3,5,7,9,12H,2,4,6,8,10-11H2,1H3,(H2,16,20). The Morgan fingerprint density at radius 1 is 1.48 bits per heavy atom. The molecule has 21 heavy (non-hydrogen) atoms. The minimum Gasteiger partial charge on any atom is -0.389 e. The van der Waals surface area contributed by atoms with E-state index in [1.54, 1.807) is 28.6 Å². The van der Waals surface area contributed by atoms with Crippen molar-refractivity contribution in [1.82, 2.24) is 4.31 Å². The minimum atomic E-state index is -3.27. The van der Waals surface area contributed by atoms with Gasteiger partial charge in [-0.2, -0.15) is 0 Å². The van der Waals surface area contributed by atoms with Crippen LogP contribution < -0.4 is 5.73 Å². The molecule has 1 aliphatic heterocycles. The van der Waals surface area contributed by atoms with Gasteiger partial charge in [-0.1, -0.05) is 43.8 Å². The van der Waals surface area contributed by atoms with Crippen molar-refractivity contribution in [3.63, 3.8) is 0 Å². The lowest BCUT2D eigenvalue weighted by Gasteiger charge is -2.31. The third kappa shape index (κ3) is 4.25. The Morgan fingerprint density at radius 2 is 2.24 bits per heavy atom. The highest BCUT2D eigenvalue weighted by Gasteiger charge is 2.28. The quantitative estimate of drug-likeness (QED) is 0.843. The van der Waals surface area contributed by atoms with E-state index in [0.29, 0.717) is 29.6 Å². The Kier molecular flexibility index (Phi) is 5.35. The summed E-state index contributed by atoms with van der Waals surface area (Å²) in [5, 5.41) is 0. The van der Waals surface area contributed by atoms with Crippen molar-refractivity contribution in [1.29, 1.82) is 0 Å². The van der Waals surface area contributed by atoms with E-state index in [2.05, 4.69) is 6.92 Å². The topological polar surface area (TPSA) is 63.4 Å². The van der Waals surface area contributed by atoms with Gasteiger partial charge < -0.3 is 5.73 Å². The van der Waals surface area contributed by atoms with Gasteiger partial charge in [0.15, 0.2) is 0 Å². The van der Waals surface area contributed by atoms with E-state index >= 15 is 0 Å². The van der Waals surface area contributed by atoms with Gasteiger partial charge in [0, 0.05) is 18.7 Å². The summed E-state index contributed by atoms with van der Waals surface area (Å²) in [5.74, 6) is 0.497. The molecule has 1 aromatic carbocycles. The fourth-order valence-electron chi connectivity index (χ4n) is 2.73. The average Bonchev–Trinajstić information content (AvgIpc) is 2.47. The van der Waals surface area contributed by atoms with Crippen LogP contribution in [0.4, 0.5) is 0 Å². The van der Waals surface area contributed by atoms with Crippen LogP contribution in [0, 0.1) is 5.92 Å². The van der Waals surface area contributed by atoms with Crippen molar-refractivity contribution >= 4 is 27.2 Å². The Labute approximate surface area is 132 Å². The zero-order valence-electron chi connectivity index (χ0n) is 12.3. The molecule has 0 spiro atoms. The second-order valence-corrected chi connectivity index (χ2v) is 8.00. The van der Waals surface area contributed by atoms with Crippen LogP contribution >= 0.6 is 12.2 Å². The van der Waals surface area contributed by atoms with Gasteiger partial charge in [0.2, 0.25) is 10.0 Å². The summed E-state index contributed by atoms with van der Waals surface area (Å²) >= 11 is 4.94. The van der Waals surface area contributed by atoms with Crippen LogP contribution in [0.2, 0.25) is 0 Å². The first-order valence-corrected chi connectivity index (χ1v) is 9.30. The molecule has 1 aliphatic rings. The molecule has 0 aliphatic carbocycles. The molecule has 0 saturated carbocycles. The van der Waals surface area contributed by atoms with Crippen LogP contribution in [-0.4, -0.2) is 30.8 Å². The molecular weight excluding hydrogens is 304 g/mol. The van der Waals surface area contributed by atoms with E-state index < -0.39 is 10.0 Å². The molecule has 6 heteroatoms. The summed E-state index contributed by atoms with van der Waals surface area (Å²) < 4.78 is 26.8. The van der Waals surface area contributed by atoms with Crippen molar-refractivity contribution in [2.24, 2.45) is 11.7 Å². The molecule has 1 saturated heterocycles. The molecule has 4 nitrogen and oxygen atoms in total. The van der Waals surface area contributed by atoms with E-state index in [1.807, 2.05) is 0 Å². The van der Waals surface area contributed by atoms with Gasteiger partial charge in [-0.05, 0) is 30.4 Å². The molecule has 1 unspecified atom stereocenters. The lowest BCUT2D eigenvalue weighted by Crippen LogP contribution is -2.40. The largest absolute Gasteiger partial charge is 0.389 e. The normalized spacial score (nSPS) is 20.3. The summed E-state index contributed by atoms with van der Waals surface area (Å²) in [5.41, 5.74) is 7.04. The molecule has 0 aromatic heterocycles. The van der Waals surface area contributed by atoms with Crippen LogP contribution in [0.5, 0.6) is 0 Å². The monoisotopic (exact) mass is 326 g/mol. The van der Waals surface area contributed by atoms with Crippen molar-refractivity contribution in [3.8, 4) is 0 Å². The van der Waals surface area contributed by atoms with Crippen molar-refractivity contribution in [3.05, 3.63) is 35.4 Å². The molecular formula is C15H22N2O2S2. The molecule has 1 aromatic rings. The predicted octanol–water partition coefficient (Wildman–Crippen LogP) is 2.27. The number of nitrogens with two attached hydrogens (primary N) is 1. The summed E-state index contributed by atoms with van der Waals surface area (Å²) in [6, 6.07) is 7.17. The molecule has 0 bridgehead atoms. The van der Waals surface area contributed by atoms with Crippen LogP contribution in [0.25, 0.3) is 0 Å². The minimum absolute atomic E-state index is 0.0138. The third-order valence-corrected chi connectivity index (χ3v) is 6.07. The summed E-state index contributed by atoms with van der Waals surface area (Å²) in [6.07, 6.45) is 3.10. The fourth-order valence-corrected chi connectivity index (χ4v) is 4.48. The zero-order valence-corrected chi connectivity index (χ0v) is 13.9. The van der Waals surface area contributed by atoms with Crippen LogP contribution in [0.3, 0.4) is 0 Å². The molecule has 1 heterocycles. The number of rotatable bonds is 5. The highest BCUT2D eigenvalue weighted by atomic mass is 32.2. The van der Waals surface area contributed by atoms with E-state index in [0.717, 1.165) is 24.8 Å². The Balaban J connectivity index is 2.13. The maximum atomic E-state index is 12.6. The number of nitrogens with zero attached hydrogens (tertiary/aromatic N) is 1. The zero-order chi connectivity index (χ0) is 15.5. The van der Waals surface area contributed by atoms with Gasteiger partial charge in [-0.15, -0.1) is 0 Å². The molecule has 1 atom stereocenters. The molecule has 2 rings (SSSR count). The lowest BCUT2D eigenvalue weighted by molar-refractivity contribution is 0.261. The Hall–Kier alpha value is -0.980. The molecule has 116 valence electrons. The first-order valence-electron chi connectivity index (χ1n) is 7.29. The highest BCUT2D eigenvalue weighted by Crippen LogP contribution is 2.23. The van der Waals surface area contributed by atoms with Gasteiger partial charge in [0.05, 0.1) is 5.75 Å². The number of thiocarbonyl (C=S) groups is 1. The molecule has 0 radical (unpaired) electrons. The summed E-state index contributed by atoms with van der Waals surface area (Å²) in [6.45, 7) is 3.40. The fraction of sp³-hybridized carbons (Fsp3) is 0.533. The second-order valence-electron chi connectivity index (χ2n) is 5.60. The summed E-state index contributed by atoms with van der Waals surface area (Å²) in [4.78, 5) is 0.290. The molecule has 1 fully saturated rings. The maximum absolute atomic E-state index is 12.6. The first kappa shape index (κ1) is 16.4. The predicted molar refractivity (Wildman–Crippen MR) is 89.5 cm³/mol. The van der Waals surface area contributed by atoms with E-state index in [-0.39, 0.29) is 5.75 Å². The maximum Gasteiger partial charge on any atom is 0.218 e. The molecule has 2 N–H and O–H groups in total. The van der Waals surface area contributed by atoms with Gasteiger partial charge in [-0.3, -0.25) is 0 Å². The van der Waals surface area contributed by atoms with Crippen LogP contribution in [0.1, 0.15) is 37.3 Å². The van der Waals surface area contributed by atoms with Gasteiger partial charge in [-0.25, -0.2) is 12.7 Å². The SMILES string of the molecule is CCC1CCCN(S(=O)(=O)Cc2cccc(C(N)=S)c2)C1. The number of benzene rings is 1. The Bertz CT molecular complexity index is 614. The third-order valence-electron chi connectivity index (χ3n) is 4.01. The van der Waals surface area contributed by atoms with Crippen molar-refractivity contribution < 1.29 is 8.42 Å². The van der Waals surface area contributed by atoms with Gasteiger partial charge in [0.25, 0.3) is 0 Å². The average molecular weight is 326 g/mol. The van der Waals surface area contributed by atoms with E-state index in [4.69, 9.17) is 18.0 Å². The molecule has 0 amide bonds. The van der Waals surface area contributed by atoms with Crippen LogP contribution in [-0.2, 0) is 15.8 Å². The number of sulfonamides is 1. The number of piperidine rings is 1. The van der Waals surface area contributed by atoms with E-state index in [1.165, 1.54) is 0 Å². The van der Waals surface area contributed by atoms with Gasteiger partial charge in [0.1, 0.15) is 4.99 Å². The number of hydrogen-bond donors (Lipinski definition) is 1. The first-order chi connectivity index (χ1) is 9.92. The lowest BCUT2D eigenvalue weighted by atomic mass is 9.97. The number of hydrogen-bond acceptors (Lipinski definition) is 3. The van der Waals surface area contributed by atoms with Crippen molar-refractivity contribution in [2.75, 3.05) is 13.1 Å². The van der Waals surface area contributed by atoms with Crippen LogP contribution in [0.15, 0.2) is 24.3 Å². The Morgan fingerprint density at radius 3 is 2.90 bits per heavy atom.